The lowest BCUT2D eigenvalue weighted by molar-refractivity contribution is -0.144. The summed E-state index contributed by atoms with van der Waals surface area (Å²) in [7, 11) is 0. The number of fused-ring (bicyclic) bond motifs is 1. The van der Waals surface area contributed by atoms with Crippen LogP contribution in [0, 0.1) is 0 Å². The Balaban J connectivity index is 1.45. The van der Waals surface area contributed by atoms with Gasteiger partial charge < -0.3 is 14.6 Å². The number of ether oxygens (including phenoxy) is 1. The summed E-state index contributed by atoms with van der Waals surface area (Å²) in [5, 5.41) is 0.925. The topological polar surface area (TPSA) is 92.4 Å². The molecule has 1 amide bonds. The molecule has 0 radical (unpaired) electrons. The molecular weight excluding hydrogens is 406 g/mol. The van der Waals surface area contributed by atoms with E-state index in [4.69, 9.17) is 4.74 Å². The number of aromatic amines is 1. The molecule has 1 aliphatic rings. The normalized spacial score (nSPS) is 13.7. The van der Waals surface area contributed by atoms with E-state index in [1.54, 1.807) is 18.0 Å². The van der Waals surface area contributed by atoms with E-state index in [9.17, 15) is 14.4 Å². The molecule has 0 aliphatic carbocycles. The van der Waals surface area contributed by atoms with Crippen LogP contribution in [0.3, 0.4) is 0 Å². The van der Waals surface area contributed by atoms with Crippen molar-refractivity contribution in [3.05, 3.63) is 71.6 Å². The molecule has 0 saturated carbocycles. The zero-order valence-electron chi connectivity index (χ0n) is 18.0. The van der Waals surface area contributed by atoms with E-state index >= 15 is 0 Å². The number of hydrogen-bond donors (Lipinski definition) is 1. The van der Waals surface area contributed by atoms with Crippen molar-refractivity contribution in [1.29, 1.82) is 0 Å². The molecule has 0 spiro atoms. The van der Waals surface area contributed by atoms with Gasteiger partial charge in [-0.1, -0.05) is 43.3 Å². The Morgan fingerprint density at radius 3 is 2.69 bits per heavy atom. The fraction of sp³-hybridized carbons (Fsp3) is 0.280. The molecule has 0 unspecified atom stereocenters. The zero-order chi connectivity index (χ0) is 22.5. The smallest absolute Gasteiger partial charge is 0.310 e. The molecule has 7 nitrogen and oxygen atoms in total. The first-order chi connectivity index (χ1) is 15.5. The van der Waals surface area contributed by atoms with Crippen molar-refractivity contribution in [2.45, 2.75) is 32.8 Å². The van der Waals surface area contributed by atoms with Crippen molar-refractivity contribution in [3.63, 3.8) is 0 Å². The summed E-state index contributed by atoms with van der Waals surface area (Å²) in [6.45, 7) is 2.85. The molecule has 32 heavy (non-hydrogen) atoms. The molecule has 164 valence electrons. The maximum absolute atomic E-state index is 12.3. The van der Waals surface area contributed by atoms with Crippen LogP contribution in [0.15, 0.2) is 54.9 Å². The first-order valence-corrected chi connectivity index (χ1v) is 10.7. The number of aromatic nitrogens is 2. The Morgan fingerprint density at radius 2 is 1.97 bits per heavy atom. The average molecular weight is 431 g/mol. The third kappa shape index (κ3) is 4.77. The SMILES string of the molecule is CCC(=O)C(=O)N1CC=C(c2c[nH]c3ncc(CC(=O)OCc4ccccc4)cc23)CC1. The molecular formula is C25H25N3O4. The van der Waals surface area contributed by atoms with E-state index in [1.807, 2.05) is 48.7 Å². The predicted molar refractivity (Wildman–Crippen MR) is 121 cm³/mol. The van der Waals surface area contributed by atoms with Gasteiger partial charge >= 0.3 is 5.97 Å². The Morgan fingerprint density at radius 1 is 1.16 bits per heavy atom. The van der Waals surface area contributed by atoms with Crippen LogP contribution in [0.5, 0.6) is 0 Å². The van der Waals surface area contributed by atoms with E-state index in [-0.39, 0.29) is 31.2 Å². The van der Waals surface area contributed by atoms with Crippen LogP contribution < -0.4 is 0 Å². The van der Waals surface area contributed by atoms with Crippen LogP contribution in [-0.4, -0.2) is 45.6 Å². The van der Waals surface area contributed by atoms with Gasteiger partial charge in [-0.15, -0.1) is 0 Å². The third-order valence-electron chi connectivity index (χ3n) is 5.58. The number of carbonyl (C=O) groups excluding carboxylic acids is 3. The van der Waals surface area contributed by atoms with Gasteiger partial charge in [0.05, 0.1) is 6.42 Å². The summed E-state index contributed by atoms with van der Waals surface area (Å²) in [5.74, 6) is -1.08. The highest BCUT2D eigenvalue weighted by molar-refractivity contribution is 6.36. The van der Waals surface area contributed by atoms with Crippen LogP contribution in [0.2, 0.25) is 0 Å². The summed E-state index contributed by atoms with van der Waals surface area (Å²) in [5.41, 5.74) is 4.55. The van der Waals surface area contributed by atoms with Gasteiger partial charge in [0.1, 0.15) is 12.3 Å². The number of rotatable bonds is 7. The van der Waals surface area contributed by atoms with E-state index in [2.05, 4.69) is 9.97 Å². The Bertz CT molecular complexity index is 1180. The summed E-state index contributed by atoms with van der Waals surface area (Å²) in [6, 6.07) is 11.5. The van der Waals surface area contributed by atoms with Crippen molar-refractivity contribution in [2.75, 3.05) is 13.1 Å². The average Bonchev–Trinajstić information content (AvgIpc) is 3.26. The number of nitrogens with one attached hydrogen (secondary N) is 1. The van der Waals surface area contributed by atoms with Gasteiger partial charge in [-0.25, -0.2) is 4.98 Å². The molecule has 3 heterocycles. The van der Waals surface area contributed by atoms with Crippen LogP contribution in [0.4, 0.5) is 0 Å². The van der Waals surface area contributed by atoms with Gasteiger partial charge in [0.25, 0.3) is 5.91 Å². The van der Waals surface area contributed by atoms with Crippen molar-refractivity contribution < 1.29 is 19.1 Å². The number of ketones is 1. The lowest BCUT2D eigenvalue weighted by Gasteiger charge is -2.25. The first kappa shape index (κ1) is 21.5. The van der Waals surface area contributed by atoms with Gasteiger partial charge in [0.2, 0.25) is 5.78 Å². The fourth-order valence-electron chi connectivity index (χ4n) is 3.79. The monoisotopic (exact) mass is 431 g/mol. The number of benzene rings is 1. The van der Waals surface area contributed by atoms with Crippen molar-refractivity contribution in [1.82, 2.24) is 14.9 Å². The second-order valence-electron chi connectivity index (χ2n) is 7.77. The molecule has 1 aliphatic heterocycles. The van der Waals surface area contributed by atoms with Crippen LogP contribution in [-0.2, 0) is 32.1 Å². The molecule has 3 aromatic rings. The molecule has 4 rings (SSSR count). The summed E-state index contributed by atoms with van der Waals surface area (Å²) < 4.78 is 5.38. The Kier molecular flexibility index (Phi) is 6.44. The minimum absolute atomic E-state index is 0.140. The lowest BCUT2D eigenvalue weighted by atomic mass is 9.98. The fourth-order valence-corrected chi connectivity index (χ4v) is 3.79. The van der Waals surface area contributed by atoms with E-state index in [1.165, 1.54) is 0 Å². The quantitative estimate of drug-likeness (QED) is 0.457. The minimum atomic E-state index is -0.417. The number of pyridine rings is 1. The largest absolute Gasteiger partial charge is 0.461 e. The third-order valence-corrected chi connectivity index (χ3v) is 5.58. The molecule has 0 fully saturated rings. The van der Waals surface area contributed by atoms with Crippen molar-refractivity contribution in [3.8, 4) is 0 Å². The highest BCUT2D eigenvalue weighted by Crippen LogP contribution is 2.29. The van der Waals surface area contributed by atoms with Gasteiger partial charge in [-0.2, -0.15) is 0 Å². The molecule has 7 heteroatoms. The maximum atomic E-state index is 12.3. The Labute approximate surface area is 186 Å². The van der Waals surface area contributed by atoms with Crippen molar-refractivity contribution >= 4 is 34.3 Å². The van der Waals surface area contributed by atoms with Crippen LogP contribution >= 0.6 is 0 Å². The van der Waals surface area contributed by atoms with Crippen LogP contribution in [0.1, 0.15) is 36.5 Å². The lowest BCUT2D eigenvalue weighted by Crippen LogP contribution is -2.39. The van der Waals surface area contributed by atoms with Gasteiger partial charge in [-0.3, -0.25) is 14.4 Å². The van der Waals surface area contributed by atoms with E-state index < -0.39 is 5.91 Å². The van der Waals surface area contributed by atoms with E-state index in [0.29, 0.717) is 19.5 Å². The number of amides is 1. The zero-order valence-corrected chi connectivity index (χ0v) is 18.0. The minimum Gasteiger partial charge on any atom is -0.461 e. The van der Waals surface area contributed by atoms with Gasteiger partial charge in [0, 0.05) is 42.9 Å². The standard InChI is InChI=1S/C25H25N3O4/c1-2-22(29)25(31)28-10-8-19(9-11-28)21-15-27-24-20(21)12-18(14-26-24)13-23(30)32-16-17-6-4-3-5-7-17/h3-8,12,14-15H,2,9-11,13,16H2,1H3,(H,26,27). The van der Waals surface area contributed by atoms with Crippen LogP contribution in [0.25, 0.3) is 16.6 Å². The van der Waals surface area contributed by atoms with Crippen molar-refractivity contribution in [2.24, 2.45) is 0 Å². The second kappa shape index (κ2) is 9.60. The van der Waals surface area contributed by atoms with E-state index in [0.717, 1.165) is 33.3 Å². The molecule has 0 bridgehead atoms. The summed E-state index contributed by atoms with van der Waals surface area (Å²) in [4.78, 5) is 45.3. The molecule has 0 saturated heterocycles. The predicted octanol–water partition coefficient (Wildman–Crippen LogP) is 3.44. The maximum Gasteiger partial charge on any atom is 0.310 e. The number of H-pyrrole nitrogens is 1. The van der Waals surface area contributed by atoms with Gasteiger partial charge in [0.15, 0.2) is 0 Å². The molecule has 2 aromatic heterocycles. The summed E-state index contributed by atoms with van der Waals surface area (Å²) in [6.07, 6.45) is 6.57. The molecule has 1 aromatic carbocycles. The number of carbonyl (C=O) groups is 3. The second-order valence-corrected chi connectivity index (χ2v) is 7.77. The first-order valence-electron chi connectivity index (χ1n) is 10.7. The number of esters is 1. The summed E-state index contributed by atoms with van der Waals surface area (Å²) >= 11 is 0. The number of hydrogen-bond acceptors (Lipinski definition) is 5. The Hall–Kier alpha value is -3.74. The highest BCUT2D eigenvalue weighted by atomic mass is 16.5. The molecule has 1 N–H and O–H groups in total. The molecule has 0 atom stereocenters. The highest BCUT2D eigenvalue weighted by Gasteiger charge is 2.23. The number of Topliss-reactive ketones (excluding diaryl/α,β-unsaturated/α-hetero) is 1. The van der Waals surface area contributed by atoms with Gasteiger partial charge in [-0.05, 0) is 29.2 Å². The number of nitrogens with zero attached hydrogens (tertiary/aromatic N) is 2.